The van der Waals surface area contributed by atoms with Crippen LogP contribution in [-0.2, 0) is 0 Å². The average Bonchev–Trinajstić information content (AvgIpc) is 3.55. The Morgan fingerprint density at radius 1 is 0.474 bits per heavy atom. The molecule has 4 nitrogen and oxygen atoms in total. The molecule has 0 radical (unpaired) electrons. The van der Waals surface area contributed by atoms with Crippen molar-refractivity contribution in [1.29, 1.82) is 0 Å². The monoisotopic (exact) mass is 504 g/mol. The minimum absolute atomic E-state index is 0.660. The molecule has 0 spiro atoms. The molecule has 8 aromatic rings. The summed E-state index contributed by atoms with van der Waals surface area (Å²) >= 11 is 1.79. The van der Waals surface area contributed by atoms with E-state index in [1.807, 2.05) is 30.3 Å². The fraction of sp³-hybridized carbons (Fsp3) is 0. The second kappa shape index (κ2) is 8.33. The molecule has 8 rings (SSSR count). The van der Waals surface area contributed by atoms with Crippen LogP contribution < -0.4 is 0 Å². The minimum atomic E-state index is 0.660. The molecule has 38 heavy (non-hydrogen) atoms. The number of thiophene rings is 1. The zero-order chi connectivity index (χ0) is 25.1. The van der Waals surface area contributed by atoms with Gasteiger partial charge in [0, 0.05) is 58.7 Å². The average molecular weight is 505 g/mol. The van der Waals surface area contributed by atoms with Crippen molar-refractivity contribution in [3.63, 3.8) is 0 Å². The van der Waals surface area contributed by atoms with Crippen LogP contribution >= 0.6 is 11.3 Å². The molecule has 0 aliphatic heterocycles. The summed E-state index contributed by atoms with van der Waals surface area (Å²) in [6.07, 6.45) is 0. The van der Waals surface area contributed by atoms with Crippen LogP contribution in [0.3, 0.4) is 0 Å². The first-order chi connectivity index (χ1) is 18.8. The highest BCUT2D eigenvalue weighted by atomic mass is 32.1. The number of H-pyrrole nitrogens is 1. The summed E-state index contributed by atoms with van der Waals surface area (Å²) in [6.45, 7) is 0. The number of para-hydroxylation sites is 1. The van der Waals surface area contributed by atoms with Gasteiger partial charge < -0.3 is 4.98 Å². The predicted octanol–water partition coefficient (Wildman–Crippen LogP) is 8.87. The lowest BCUT2D eigenvalue weighted by Gasteiger charge is -2.09. The zero-order valence-electron chi connectivity index (χ0n) is 20.2. The van der Waals surface area contributed by atoms with Gasteiger partial charge in [-0.25, -0.2) is 15.0 Å². The standard InChI is InChI=1S/C33H20N4S/c1-2-9-20(10-3-1)31-35-32(21-17-18-23-22-11-4-6-15-27(22)34-28(23)19-21)37-33(36-31)26-14-8-13-25-24-12-5-7-16-29(24)38-30(25)26/h1-19,34H. The third-order valence-electron chi connectivity index (χ3n) is 7.08. The lowest BCUT2D eigenvalue weighted by Crippen LogP contribution is -2.00. The van der Waals surface area contributed by atoms with Crippen molar-refractivity contribution in [1.82, 2.24) is 19.9 Å². The highest BCUT2D eigenvalue weighted by molar-refractivity contribution is 7.26. The molecule has 0 aliphatic carbocycles. The van der Waals surface area contributed by atoms with Gasteiger partial charge in [0.05, 0.1) is 0 Å². The summed E-state index contributed by atoms with van der Waals surface area (Å²) in [5, 5.41) is 4.89. The van der Waals surface area contributed by atoms with Crippen molar-refractivity contribution in [2.45, 2.75) is 0 Å². The van der Waals surface area contributed by atoms with Gasteiger partial charge >= 0.3 is 0 Å². The Bertz CT molecular complexity index is 2140. The Kier molecular flexibility index (Phi) is 4.66. The normalized spacial score (nSPS) is 11.7. The van der Waals surface area contributed by atoms with Crippen molar-refractivity contribution >= 4 is 53.3 Å². The number of fused-ring (bicyclic) bond motifs is 6. The molecular formula is C33H20N4S. The van der Waals surface area contributed by atoms with Gasteiger partial charge in [-0.3, -0.25) is 0 Å². The van der Waals surface area contributed by atoms with Crippen molar-refractivity contribution < 1.29 is 0 Å². The smallest absolute Gasteiger partial charge is 0.165 e. The van der Waals surface area contributed by atoms with Crippen LogP contribution in [0.1, 0.15) is 0 Å². The van der Waals surface area contributed by atoms with Crippen LogP contribution in [0.15, 0.2) is 115 Å². The van der Waals surface area contributed by atoms with Crippen LogP contribution in [0.5, 0.6) is 0 Å². The van der Waals surface area contributed by atoms with E-state index < -0.39 is 0 Å². The number of aromatic nitrogens is 4. The predicted molar refractivity (Wildman–Crippen MR) is 158 cm³/mol. The van der Waals surface area contributed by atoms with E-state index in [4.69, 9.17) is 15.0 Å². The third kappa shape index (κ3) is 3.33. The second-order valence-electron chi connectivity index (χ2n) is 9.38. The number of hydrogen-bond acceptors (Lipinski definition) is 4. The van der Waals surface area contributed by atoms with Gasteiger partial charge in [0.2, 0.25) is 0 Å². The molecule has 5 aromatic carbocycles. The van der Waals surface area contributed by atoms with Crippen LogP contribution in [0.2, 0.25) is 0 Å². The van der Waals surface area contributed by atoms with E-state index in [1.54, 1.807) is 11.3 Å². The van der Waals surface area contributed by atoms with E-state index in [0.717, 1.165) is 27.7 Å². The highest BCUT2D eigenvalue weighted by Gasteiger charge is 2.17. The number of aromatic amines is 1. The molecule has 0 fully saturated rings. The van der Waals surface area contributed by atoms with E-state index >= 15 is 0 Å². The summed E-state index contributed by atoms with van der Waals surface area (Å²) in [5.41, 5.74) is 5.13. The summed E-state index contributed by atoms with van der Waals surface area (Å²) < 4.78 is 2.45. The highest BCUT2D eigenvalue weighted by Crippen LogP contribution is 2.39. The van der Waals surface area contributed by atoms with Gasteiger partial charge in [-0.2, -0.15) is 0 Å². The van der Waals surface area contributed by atoms with Crippen molar-refractivity contribution in [3.05, 3.63) is 115 Å². The molecule has 0 saturated carbocycles. The molecule has 0 unspecified atom stereocenters. The minimum Gasteiger partial charge on any atom is -0.354 e. The fourth-order valence-corrected chi connectivity index (χ4v) is 6.47. The maximum atomic E-state index is 5.05. The van der Waals surface area contributed by atoms with Gasteiger partial charge in [0.1, 0.15) is 0 Å². The first-order valence-corrected chi connectivity index (χ1v) is 13.4. The van der Waals surface area contributed by atoms with Crippen molar-refractivity contribution in [3.8, 4) is 34.2 Å². The van der Waals surface area contributed by atoms with E-state index in [9.17, 15) is 0 Å². The largest absolute Gasteiger partial charge is 0.354 e. The van der Waals surface area contributed by atoms with Crippen molar-refractivity contribution in [2.24, 2.45) is 0 Å². The van der Waals surface area contributed by atoms with Crippen molar-refractivity contribution in [2.75, 3.05) is 0 Å². The molecule has 3 aromatic heterocycles. The number of nitrogens with zero attached hydrogens (tertiary/aromatic N) is 3. The number of rotatable bonds is 3. The quantitative estimate of drug-likeness (QED) is 0.261. The SMILES string of the molecule is c1ccc(-c2nc(-c3ccc4c(c3)[nH]c3ccccc34)nc(-c3cccc4c3sc3ccccc34)n2)cc1. The van der Waals surface area contributed by atoms with Gasteiger partial charge in [-0.15, -0.1) is 11.3 Å². The van der Waals surface area contributed by atoms with Crippen LogP contribution in [-0.4, -0.2) is 19.9 Å². The number of nitrogens with one attached hydrogen (secondary N) is 1. The van der Waals surface area contributed by atoms with Gasteiger partial charge in [-0.1, -0.05) is 91.0 Å². The first-order valence-electron chi connectivity index (χ1n) is 12.5. The molecule has 0 atom stereocenters. The summed E-state index contributed by atoms with van der Waals surface area (Å²) in [5.74, 6) is 2.01. The van der Waals surface area contributed by atoms with Crippen LogP contribution in [0, 0.1) is 0 Å². The van der Waals surface area contributed by atoms with E-state index in [1.165, 1.54) is 30.9 Å². The molecule has 3 heterocycles. The lowest BCUT2D eigenvalue weighted by molar-refractivity contribution is 1.08. The summed E-state index contributed by atoms with van der Waals surface area (Å²) in [7, 11) is 0. The molecule has 178 valence electrons. The maximum absolute atomic E-state index is 5.05. The van der Waals surface area contributed by atoms with E-state index in [0.29, 0.717) is 17.5 Å². The van der Waals surface area contributed by atoms with E-state index in [-0.39, 0.29) is 0 Å². The third-order valence-corrected chi connectivity index (χ3v) is 8.30. The van der Waals surface area contributed by atoms with Crippen LogP contribution in [0.25, 0.3) is 76.1 Å². The topological polar surface area (TPSA) is 54.5 Å². The van der Waals surface area contributed by atoms with E-state index in [2.05, 4.69) is 89.9 Å². The Labute approximate surface area is 222 Å². The Morgan fingerprint density at radius 3 is 2.05 bits per heavy atom. The lowest BCUT2D eigenvalue weighted by atomic mass is 10.1. The first kappa shape index (κ1) is 21.2. The number of hydrogen-bond donors (Lipinski definition) is 1. The maximum Gasteiger partial charge on any atom is 0.165 e. The van der Waals surface area contributed by atoms with Crippen LogP contribution in [0.4, 0.5) is 0 Å². The zero-order valence-corrected chi connectivity index (χ0v) is 21.0. The molecule has 0 aliphatic rings. The summed E-state index contributed by atoms with van der Waals surface area (Å²) in [4.78, 5) is 18.5. The molecule has 0 saturated heterocycles. The Balaban J connectivity index is 1.37. The molecule has 0 bridgehead atoms. The number of benzene rings is 5. The second-order valence-corrected chi connectivity index (χ2v) is 10.4. The molecular weight excluding hydrogens is 484 g/mol. The van der Waals surface area contributed by atoms with Gasteiger partial charge in [0.15, 0.2) is 17.5 Å². The van der Waals surface area contributed by atoms with Gasteiger partial charge in [0.25, 0.3) is 0 Å². The molecule has 0 amide bonds. The summed E-state index contributed by atoms with van der Waals surface area (Å²) in [6, 6.07) is 39.8. The Morgan fingerprint density at radius 2 is 1.16 bits per heavy atom. The molecule has 1 N–H and O–H groups in total. The fourth-order valence-electron chi connectivity index (χ4n) is 5.26. The molecule has 5 heteroatoms. The Hall–Kier alpha value is -4.87. The van der Waals surface area contributed by atoms with Gasteiger partial charge in [-0.05, 0) is 24.3 Å².